The second kappa shape index (κ2) is 6.33. The third kappa shape index (κ3) is 3.44. The summed E-state index contributed by atoms with van der Waals surface area (Å²) in [5.74, 6) is 0.261. The molecule has 0 saturated carbocycles. The van der Waals surface area contributed by atoms with Crippen LogP contribution in [-0.4, -0.2) is 29.8 Å². The molecule has 0 aromatic heterocycles. The zero-order valence-electron chi connectivity index (χ0n) is 12.4. The predicted octanol–water partition coefficient (Wildman–Crippen LogP) is 3.48. The zero-order chi connectivity index (χ0) is 13.8. The predicted molar refractivity (Wildman–Crippen MR) is 79.8 cm³/mol. The van der Waals surface area contributed by atoms with Gasteiger partial charge in [-0.2, -0.15) is 0 Å². The lowest BCUT2D eigenvalue weighted by atomic mass is 10.0. The number of carbonyl (C=O) groups excluding carboxylic acids is 1. The number of Topliss-reactive ketones (excluding diaryl/α,β-unsaturated/α-hetero) is 1. The second-order valence-electron chi connectivity index (χ2n) is 5.82. The molecular weight excluding hydrogens is 234 g/mol. The largest absolute Gasteiger partial charge is 0.293 e. The van der Waals surface area contributed by atoms with Crippen molar-refractivity contribution in [3.63, 3.8) is 0 Å². The summed E-state index contributed by atoms with van der Waals surface area (Å²) < 4.78 is 0. The molecule has 1 aromatic rings. The number of hydrogen-bond donors (Lipinski definition) is 0. The molecule has 0 fully saturated rings. The number of rotatable bonds is 6. The van der Waals surface area contributed by atoms with Crippen molar-refractivity contribution in [2.75, 3.05) is 13.1 Å². The highest BCUT2D eigenvalue weighted by Crippen LogP contribution is 2.23. The molecule has 0 radical (unpaired) electrons. The van der Waals surface area contributed by atoms with Crippen LogP contribution in [-0.2, 0) is 12.8 Å². The minimum atomic E-state index is 0.261. The highest BCUT2D eigenvalue weighted by molar-refractivity contribution is 5.97. The summed E-state index contributed by atoms with van der Waals surface area (Å²) in [4.78, 5) is 14.7. The van der Waals surface area contributed by atoms with Crippen LogP contribution < -0.4 is 0 Å². The summed E-state index contributed by atoms with van der Waals surface area (Å²) in [5.41, 5.74) is 3.71. The van der Waals surface area contributed by atoms with Gasteiger partial charge in [-0.05, 0) is 63.3 Å². The van der Waals surface area contributed by atoms with Crippen molar-refractivity contribution >= 4 is 5.78 Å². The molecule has 0 N–H and O–H groups in total. The van der Waals surface area contributed by atoms with Gasteiger partial charge in [0, 0.05) is 11.6 Å². The molecule has 1 aliphatic rings. The maximum Gasteiger partial charge on any atom is 0.176 e. The number of benzene rings is 1. The molecule has 0 unspecified atom stereocenters. The van der Waals surface area contributed by atoms with E-state index in [1.807, 2.05) is 6.07 Å². The van der Waals surface area contributed by atoms with E-state index in [0.717, 1.165) is 24.9 Å². The summed E-state index contributed by atoms with van der Waals surface area (Å²) in [6.07, 6.45) is 4.65. The van der Waals surface area contributed by atoms with E-state index < -0.39 is 0 Å². The third-order valence-electron chi connectivity index (χ3n) is 4.01. The molecule has 0 saturated heterocycles. The standard InChI is InChI=1S/C17H25NO/c1-4-10-18(13(2)3)12-17(19)16-9-8-14-6-5-7-15(14)11-16/h8-9,11,13H,4-7,10,12H2,1-3H3. The fourth-order valence-electron chi connectivity index (χ4n) is 2.83. The van der Waals surface area contributed by atoms with Crippen molar-refractivity contribution in [2.45, 2.75) is 52.5 Å². The van der Waals surface area contributed by atoms with Gasteiger partial charge in [0.05, 0.1) is 6.54 Å². The van der Waals surface area contributed by atoms with Gasteiger partial charge in [0.15, 0.2) is 5.78 Å². The number of ketones is 1. The number of aryl methyl sites for hydroxylation is 2. The highest BCUT2D eigenvalue weighted by atomic mass is 16.1. The molecule has 104 valence electrons. The van der Waals surface area contributed by atoms with Gasteiger partial charge in [0.2, 0.25) is 0 Å². The molecule has 0 bridgehead atoms. The van der Waals surface area contributed by atoms with E-state index >= 15 is 0 Å². The molecule has 0 heterocycles. The van der Waals surface area contributed by atoms with Crippen molar-refractivity contribution in [3.05, 3.63) is 34.9 Å². The average Bonchev–Trinajstić information content (AvgIpc) is 2.85. The third-order valence-corrected chi connectivity index (χ3v) is 4.01. The number of hydrogen-bond acceptors (Lipinski definition) is 2. The minimum Gasteiger partial charge on any atom is -0.293 e. The van der Waals surface area contributed by atoms with Crippen molar-refractivity contribution < 1.29 is 4.79 Å². The lowest BCUT2D eigenvalue weighted by molar-refractivity contribution is 0.0906. The van der Waals surface area contributed by atoms with Gasteiger partial charge in [0.1, 0.15) is 0 Å². The molecule has 0 amide bonds. The molecule has 19 heavy (non-hydrogen) atoms. The molecule has 2 nitrogen and oxygen atoms in total. The Morgan fingerprint density at radius 2 is 2.00 bits per heavy atom. The van der Waals surface area contributed by atoms with Gasteiger partial charge in [-0.25, -0.2) is 0 Å². The maximum atomic E-state index is 12.4. The van der Waals surface area contributed by atoms with Crippen LogP contribution >= 0.6 is 0 Å². The molecule has 0 atom stereocenters. The van der Waals surface area contributed by atoms with Crippen LogP contribution in [0.15, 0.2) is 18.2 Å². The summed E-state index contributed by atoms with van der Waals surface area (Å²) in [5, 5.41) is 0. The quantitative estimate of drug-likeness (QED) is 0.729. The first kappa shape index (κ1) is 14.3. The van der Waals surface area contributed by atoms with E-state index in [0.29, 0.717) is 12.6 Å². The van der Waals surface area contributed by atoms with E-state index in [4.69, 9.17) is 0 Å². The van der Waals surface area contributed by atoms with Crippen molar-refractivity contribution in [1.29, 1.82) is 0 Å². The van der Waals surface area contributed by atoms with Crippen molar-refractivity contribution in [1.82, 2.24) is 4.90 Å². The van der Waals surface area contributed by atoms with Gasteiger partial charge in [-0.15, -0.1) is 0 Å². The number of carbonyl (C=O) groups is 1. The van der Waals surface area contributed by atoms with Crippen LogP contribution in [0, 0.1) is 0 Å². The van der Waals surface area contributed by atoms with Crippen LogP contribution in [0.2, 0.25) is 0 Å². The monoisotopic (exact) mass is 259 g/mol. The Hall–Kier alpha value is -1.15. The molecule has 0 spiro atoms. The second-order valence-corrected chi connectivity index (χ2v) is 5.82. The number of fused-ring (bicyclic) bond motifs is 1. The Bertz CT molecular complexity index is 451. The Morgan fingerprint density at radius 3 is 2.68 bits per heavy atom. The van der Waals surface area contributed by atoms with Crippen molar-refractivity contribution in [2.24, 2.45) is 0 Å². The zero-order valence-corrected chi connectivity index (χ0v) is 12.4. The first-order chi connectivity index (χ1) is 9.11. The Balaban J connectivity index is 2.07. The van der Waals surface area contributed by atoms with E-state index in [1.54, 1.807) is 0 Å². The Morgan fingerprint density at radius 1 is 1.26 bits per heavy atom. The molecule has 0 aliphatic heterocycles. The fourth-order valence-corrected chi connectivity index (χ4v) is 2.83. The fraction of sp³-hybridized carbons (Fsp3) is 0.588. The lowest BCUT2D eigenvalue weighted by Crippen LogP contribution is -2.36. The van der Waals surface area contributed by atoms with Gasteiger partial charge in [-0.3, -0.25) is 9.69 Å². The van der Waals surface area contributed by atoms with Crippen LogP contribution in [0.4, 0.5) is 0 Å². The normalized spacial score (nSPS) is 14.2. The van der Waals surface area contributed by atoms with Crippen LogP contribution in [0.3, 0.4) is 0 Å². The minimum absolute atomic E-state index is 0.261. The van der Waals surface area contributed by atoms with Gasteiger partial charge < -0.3 is 0 Å². The number of nitrogens with zero attached hydrogens (tertiary/aromatic N) is 1. The molecule has 1 aromatic carbocycles. The van der Waals surface area contributed by atoms with E-state index in [2.05, 4.69) is 37.8 Å². The van der Waals surface area contributed by atoms with Gasteiger partial charge in [0.25, 0.3) is 0 Å². The lowest BCUT2D eigenvalue weighted by Gasteiger charge is -2.25. The summed E-state index contributed by atoms with van der Waals surface area (Å²) in [6, 6.07) is 6.71. The van der Waals surface area contributed by atoms with Crippen LogP contribution in [0.5, 0.6) is 0 Å². The highest BCUT2D eigenvalue weighted by Gasteiger charge is 2.17. The van der Waals surface area contributed by atoms with Crippen molar-refractivity contribution in [3.8, 4) is 0 Å². The Kier molecular flexibility index (Phi) is 4.76. The molecule has 1 aliphatic carbocycles. The molecule has 2 rings (SSSR count). The maximum absolute atomic E-state index is 12.4. The van der Waals surface area contributed by atoms with Crippen LogP contribution in [0.25, 0.3) is 0 Å². The summed E-state index contributed by atoms with van der Waals surface area (Å²) >= 11 is 0. The average molecular weight is 259 g/mol. The SMILES string of the molecule is CCCN(CC(=O)c1ccc2c(c1)CCC2)C(C)C. The Labute approximate surface area is 116 Å². The van der Waals surface area contributed by atoms with E-state index in [9.17, 15) is 4.79 Å². The first-order valence-electron chi connectivity index (χ1n) is 7.51. The molecule has 2 heteroatoms. The smallest absolute Gasteiger partial charge is 0.176 e. The summed E-state index contributed by atoms with van der Waals surface area (Å²) in [6.45, 7) is 8.02. The van der Waals surface area contributed by atoms with E-state index in [-0.39, 0.29) is 5.78 Å². The first-order valence-corrected chi connectivity index (χ1v) is 7.51. The topological polar surface area (TPSA) is 20.3 Å². The van der Waals surface area contributed by atoms with Crippen LogP contribution in [0.1, 0.15) is 55.1 Å². The van der Waals surface area contributed by atoms with Gasteiger partial charge >= 0.3 is 0 Å². The molecular formula is C17H25NO. The summed E-state index contributed by atoms with van der Waals surface area (Å²) in [7, 11) is 0. The van der Waals surface area contributed by atoms with E-state index in [1.165, 1.54) is 24.0 Å². The van der Waals surface area contributed by atoms with Gasteiger partial charge in [-0.1, -0.05) is 19.1 Å².